The van der Waals surface area contributed by atoms with E-state index in [1.54, 1.807) is 25.1 Å². The van der Waals surface area contributed by atoms with Gasteiger partial charge in [-0.25, -0.2) is 13.4 Å². The number of amides is 1. The smallest absolute Gasteiger partial charge is 0.258 e. The Morgan fingerprint density at radius 2 is 1.82 bits per heavy atom. The lowest BCUT2D eigenvalue weighted by Gasteiger charge is -2.35. The van der Waals surface area contributed by atoms with Crippen molar-refractivity contribution >= 4 is 38.9 Å². The van der Waals surface area contributed by atoms with Crippen LogP contribution in [0, 0.1) is 11.3 Å². The average molecular weight is 554 g/mol. The Morgan fingerprint density at radius 1 is 1.05 bits per heavy atom. The minimum atomic E-state index is -3.50. The van der Waals surface area contributed by atoms with Gasteiger partial charge in [-0.15, -0.1) is 0 Å². The van der Waals surface area contributed by atoms with Gasteiger partial charge in [-0.05, 0) is 100.0 Å². The van der Waals surface area contributed by atoms with Gasteiger partial charge in [-0.1, -0.05) is 6.07 Å². The van der Waals surface area contributed by atoms with Crippen molar-refractivity contribution in [1.82, 2.24) is 4.98 Å². The maximum Gasteiger partial charge on any atom is 0.258 e. The third kappa shape index (κ3) is 5.45. The number of hydrogen-bond donors (Lipinski definition) is 3. The number of piperidine rings is 2. The highest BCUT2D eigenvalue weighted by Crippen LogP contribution is 2.54. The van der Waals surface area contributed by atoms with Gasteiger partial charge in [0, 0.05) is 32.8 Å². The van der Waals surface area contributed by atoms with E-state index in [4.69, 9.17) is 4.98 Å². The summed E-state index contributed by atoms with van der Waals surface area (Å²) in [7, 11) is -3.50. The summed E-state index contributed by atoms with van der Waals surface area (Å²) >= 11 is 0. The molecule has 3 N–H and O–H groups in total. The van der Waals surface area contributed by atoms with Crippen LogP contribution in [0.15, 0.2) is 36.4 Å². The summed E-state index contributed by atoms with van der Waals surface area (Å²) < 4.78 is 27.9. The molecule has 210 valence electrons. The molecule has 9 nitrogen and oxygen atoms in total. The van der Waals surface area contributed by atoms with E-state index in [0.29, 0.717) is 35.3 Å². The van der Waals surface area contributed by atoms with Gasteiger partial charge in [0.25, 0.3) is 5.91 Å². The van der Waals surface area contributed by atoms with Gasteiger partial charge < -0.3 is 20.2 Å². The van der Waals surface area contributed by atoms with E-state index in [2.05, 4.69) is 19.8 Å². The van der Waals surface area contributed by atoms with Crippen LogP contribution in [0.25, 0.3) is 0 Å². The Bertz CT molecular complexity index is 1350. The lowest BCUT2D eigenvalue weighted by atomic mass is 9.93. The molecule has 3 heterocycles. The molecule has 6 rings (SSSR count). The SMILES string of the molecule is CC1(S(=O)(=O)Nc2ccc(C(=O)Nc3cccc(N4CCC[C@@H](CO)C4)n3)c(N3CCC4(CC3)CC4)c2)CC1. The molecule has 1 atom stereocenters. The monoisotopic (exact) mass is 553 g/mol. The predicted molar refractivity (Wildman–Crippen MR) is 154 cm³/mol. The Kier molecular flexibility index (Phi) is 6.74. The molecular formula is C29H39N5O4S. The van der Waals surface area contributed by atoms with E-state index in [1.807, 2.05) is 18.2 Å². The zero-order valence-corrected chi connectivity index (χ0v) is 23.5. The number of rotatable bonds is 8. The molecule has 10 heteroatoms. The Balaban J connectivity index is 1.24. The van der Waals surface area contributed by atoms with Crippen molar-refractivity contribution in [3.8, 4) is 0 Å². The molecule has 0 unspecified atom stereocenters. The second kappa shape index (κ2) is 9.96. The fraction of sp³-hybridized carbons (Fsp3) is 0.586. The molecule has 2 saturated carbocycles. The normalized spacial score (nSPS) is 23.4. The number of anilines is 4. The summed E-state index contributed by atoms with van der Waals surface area (Å²) in [6, 6.07) is 10.8. The van der Waals surface area contributed by atoms with Crippen molar-refractivity contribution < 1.29 is 18.3 Å². The van der Waals surface area contributed by atoms with Crippen LogP contribution in [-0.4, -0.2) is 61.9 Å². The molecule has 1 amide bonds. The van der Waals surface area contributed by atoms with Crippen molar-refractivity contribution in [2.24, 2.45) is 11.3 Å². The molecule has 0 radical (unpaired) electrons. The molecule has 2 aliphatic heterocycles. The summed E-state index contributed by atoms with van der Waals surface area (Å²) in [5, 5.41) is 12.6. The number of nitrogens with zero attached hydrogens (tertiary/aromatic N) is 3. The van der Waals surface area contributed by atoms with Crippen molar-refractivity contribution in [2.75, 3.05) is 52.6 Å². The van der Waals surface area contributed by atoms with Gasteiger partial charge in [-0.3, -0.25) is 9.52 Å². The first-order chi connectivity index (χ1) is 18.7. The molecular weight excluding hydrogens is 514 g/mol. The van der Waals surface area contributed by atoms with Crippen LogP contribution in [0.2, 0.25) is 0 Å². The molecule has 4 fully saturated rings. The van der Waals surface area contributed by atoms with E-state index in [9.17, 15) is 18.3 Å². The van der Waals surface area contributed by atoms with Gasteiger partial charge >= 0.3 is 0 Å². The van der Waals surface area contributed by atoms with Gasteiger partial charge in [0.15, 0.2) is 0 Å². The topological polar surface area (TPSA) is 115 Å². The van der Waals surface area contributed by atoms with Gasteiger partial charge in [0.05, 0.1) is 21.7 Å². The fourth-order valence-corrected chi connectivity index (χ4v) is 7.27. The van der Waals surface area contributed by atoms with E-state index >= 15 is 0 Å². The number of nitrogens with one attached hydrogen (secondary N) is 2. The summed E-state index contributed by atoms with van der Waals surface area (Å²) in [6.45, 7) is 5.26. The largest absolute Gasteiger partial charge is 0.396 e. The standard InChI is InChI=1S/C29H39N5O4S/c1-28(9-10-28)39(37,38)32-22-7-8-23(24(18-22)33-16-13-29(11-12-29)14-17-33)27(36)31-25-5-2-6-26(30-25)34-15-3-4-21(19-34)20-35/h2,5-8,18,21,32,35H,3-4,9-17,19-20H2,1H3,(H,30,31,36)/t21-/m1/s1. The number of aliphatic hydroxyl groups is 1. The maximum atomic E-state index is 13.6. The quantitative estimate of drug-likeness (QED) is 0.448. The highest BCUT2D eigenvalue weighted by atomic mass is 32.2. The van der Waals surface area contributed by atoms with Crippen LogP contribution < -0.4 is 19.8 Å². The number of carbonyl (C=O) groups excluding carboxylic acids is 1. The maximum absolute atomic E-state index is 13.6. The number of carbonyl (C=O) groups is 1. The van der Waals surface area contributed by atoms with Gasteiger partial charge in [0.1, 0.15) is 11.6 Å². The molecule has 1 spiro atoms. The third-order valence-electron chi connectivity index (χ3n) is 9.30. The first kappa shape index (κ1) is 26.4. The summed E-state index contributed by atoms with van der Waals surface area (Å²) in [4.78, 5) is 22.7. The lowest BCUT2D eigenvalue weighted by molar-refractivity contribution is 0.102. The van der Waals surface area contributed by atoms with E-state index < -0.39 is 14.8 Å². The minimum Gasteiger partial charge on any atom is -0.396 e. The molecule has 4 aliphatic rings. The minimum absolute atomic E-state index is 0.165. The number of benzene rings is 1. The molecule has 0 bridgehead atoms. The number of hydrogen-bond acceptors (Lipinski definition) is 7. The van der Waals surface area contributed by atoms with Crippen LogP contribution >= 0.6 is 0 Å². The number of sulfonamides is 1. The highest BCUT2D eigenvalue weighted by Gasteiger charge is 2.50. The zero-order chi connectivity index (χ0) is 27.3. The predicted octanol–water partition coefficient (Wildman–Crippen LogP) is 4.22. The van der Waals surface area contributed by atoms with Crippen LogP contribution in [0.3, 0.4) is 0 Å². The van der Waals surface area contributed by atoms with E-state index in [1.165, 1.54) is 12.8 Å². The van der Waals surface area contributed by atoms with E-state index in [0.717, 1.165) is 63.4 Å². The Morgan fingerprint density at radius 3 is 2.51 bits per heavy atom. The summed E-state index contributed by atoms with van der Waals surface area (Å²) in [5.41, 5.74) is 2.23. The zero-order valence-electron chi connectivity index (χ0n) is 22.7. The summed E-state index contributed by atoms with van der Waals surface area (Å²) in [6.07, 6.45) is 8.08. The molecule has 1 aromatic heterocycles. The molecule has 2 aliphatic carbocycles. The number of pyridine rings is 1. The lowest BCUT2D eigenvalue weighted by Crippen LogP contribution is -2.37. The first-order valence-corrected chi connectivity index (χ1v) is 15.7. The Hall–Kier alpha value is -2.85. The molecule has 2 saturated heterocycles. The van der Waals surface area contributed by atoms with Crippen molar-refractivity contribution in [1.29, 1.82) is 0 Å². The van der Waals surface area contributed by atoms with Gasteiger partial charge in [-0.2, -0.15) is 0 Å². The Labute approximate surface area is 231 Å². The van der Waals surface area contributed by atoms with E-state index in [-0.39, 0.29) is 18.4 Å². The molecule has 1 aromatic carbocycles. The third-order valence-corrected chi connectivity index (χ3v) is 11.5. The van der Waals surface area contributed by atoms with Crippen molar-refractivity contribution in [3.05, 3.63) is 42.0 Å². The second-order valence-corrected chi connectivity index (χ2v) is 14.4. The first-order valence-electron chi connectivity index (χ1n) is 14.2. The molecule has 39 heavy (non-hydrogen) atoms. The molecule has 2 aromatic rings. The average Bonchev–Trinajstić information content (AvgIpc) is 3.88. The van der Waals surface area contributed by atoms with Crippen LogP contribution in [0.5, 0.6) is 0 Å². The van der Waals surface area contributed by atoms with Crippen molar-refractivity contribution in [3.63, 3.8) is 0 Å². The van der Waals surface area contributed by atoms with Crippen LogP contribution in [-0.2, 0) is 10.0 Å². The highest BCUT2D eigenvalue weighted by molar-refractivity contribution is 7.94. The van der Waals surface area contributed by atoms with Gasteiger partial charge in [0.2, 0.25) is 10.0 Å². The summed E-state index contributed by atoms with van der Waals surface area (Å²) in [5.74, 6) is 1.22. The van der Waals surface area contributed by atoms with Crippen molar-refractivity contribution in [2.45, 2.75) is 63.0 Å². The number of aliphatic hydroxyl groups excluding tert-OH is 1. The number of aromatic nitrogens is 1. The fourth-order valence-electron chi connectivity index (χ4n) is 5.95. The van der Waals surface area contributed by atoms with Crippen LogP contribution in [0.1, 0.15) is 68.6 Å². The second-order valence-electron chi connectivity index (χ2n) is 12.2. The van der Waals surface area contributed by atoms with Crippen LogP contribution in [0.4, 0.5) is 23.0 Å².